The maximum absolute atomic E-state index is 11.0. The Labute approximate surface area is 135 Å². The van der Waals surface area contributed by atoms with Crippen LogP contribution in [-0.4, -0.2) is 27.7 Å². The first-order valence-corrected chi connectivity index (χ1v) is 8.80. The minimum absolute atomic E-state index is 0.103. The van der Waals surface area contributed by atoms with Gasteiger partial charge in [0, 0.05) is 4.83 Å². The fraction of sp³-hybridized carbons (Fsp3) is 0.556. The van der Waals surface area contributed by atoms with Crippen LogP contribution in [0.3, 0.4) is 0 Å². The van der Waals surface area contributed by atoms with Gasteiger partial charge in [-0.3, -0.25) is 0 Å². The van der Waals surface area contributed by atoms with Gasteiger partial charge in [0.1, 0.15) is 11.2 Å². The summed E-state index contributed by atoms with van der Waals surface area (Å²) in [5.74, 6) is 0. The standard InChI is InChI=1S/C18H23BrO2/c19-16-11-7-12-17(14-21-17)18(16,20)13-6-2-5-10-15-8-3-1-4-9-15/h1,3-4,6,8-9,13,16,20H,2,5,7,10-12,14H2/b13-6+. The zero-order valence-electron chi connectivity index (χ0n) is 12.3. The molecule has 0 amide bonds. The molecule has 3 rings (SSSR count). The lowest BCUT2D eigenvalue weighted by Gasteiger charge is -2.40. The van der Waals surface area contributed by atoms with E-state index in [0.717, 1.165) is 38.5 Å². The van der Waals surface area contributed by atoms with E-state index in [4.69, 9.17) is 4.74 Å². The molecule has 0 aromatic heterocycles. The average Bonchev–Trinajstić information content (AvgIpc) is 3.27. The maximum Gasteiger partial charge on any atom is 0.126 e. The zero-order chi connectivity index (χ0) is 14.8. The van der Waals surface area contributed by atoms with Crippen LogP contribution < -0.4 is 0 Å². The molecule has 1 N–H and O–H groups in total. The van der Waals surface area contributed by atoms with E-state index in [0.29, 0.717) is 6.61 Å². The van der Waals surface area contributed by atoms with Crippen LogP contribution in [0.4, 0.5) is 0 Å². The number of hydrogen-bond acceptors (Lipinski definition) is 2. The number of rotatable bonds is 5. The highest BCUT2D eigenvalue weighted by Crippen LogP contribution is 2.51. The second-order valence-corrected chi connectivity index (χ2v) is 7.35. The Morgan fingerprint density at radius 1 is 1.33 bits per heavy atom. The van der Waals surface area contributed by atoms with Crippen LogP contribution >= 0.6 is 15.9 Å². The van der Waals surface area contributed by atoms with Gasteiger partial charge in [-0.15, -0.1) is 0 Å². The molecule has 1 aliphatic heterocycles. The van der Waals surface area contributed by atoms with Crippen LogP contribution in [0, 0.1) is 0 Å². The number of benzene rings is 1. The molecule has 3 unspecified atom stereocenters. The number of aryl methyl sites for hydroxylation is 1. The van der Waals surface area contributed by atoms with Gasteiger partial charge in [-0.25, -0.2) is 0 Å². The van der Waals surface area contributed by atoms with Gasteiger partial charge in [0.25, 0.3) is 0 Å². The molecular weight excluding hydrogens is 328 g/mol. The highest BCUT2D eigenvalue weighted by molar-refractivity contribution is 9.09. The first-order valence-electron chi connectivity index (χ1n) is 7.88. The summed E-state index contributed by atoms with van der Waals surface area (Å²) in [5, 5.41) is 11.0. The molecular formula is C18H23BrO2. The number of hydrogen-bond donors (Lipinski definition) is 1. The van der Waals surface area contributed by atoms with E-state index in [1.165, 1.54) is 5.56 Å². The summed E-state index contributed by atoms with van der Waals surface area (Å²) in [6, 6.07) is 10.5. The molecule has 0 bridgehead atoms. The van der Waals surface area contributed by atoms with Crippen molar-refractivity contribution < 1.29 is 9.84 Å². The van der Waals surface area contributed by atoms with E-state index in [2.05, 4.69) is 46.3 Å². The number of ether oxygens (including phenoxy) is 1. The number of halogens is 1. The van der Waals surface area contributed by atoms with Crippen molar-refractivity contribution in [2.75, 3.05) is 6.61 Å². The smallest absolute Gasteiger partial charge is 0.126 e. The van der Waals surface area contributed by atoms with Gasteiger partial charge in [0.2, 0.25) is 0 Å². The summed E-state index contributed by atoms with van der Waals surface area (Å²) >= 11 is 3.65. The van der Waals surface area contributed by atoms with Gasteiger partial charge >= 0.3 is 0 Å². The van der Waals surface area contributed by atoms with E-state index in [9.17, 15) is 5.11 Å². The van der Waals surface area contributed by atoms with Gasteiger partial charge in [-0.2, -0.15) is 0 Å². The molecule has 1 heterocycles. The average molecular weight is 351 g/mol. The molecule has 1 aromatic rings. The number of alkyl halides is 1. The molecule has 0 radical (unpaired) electrons. The minimum Gasteiger partial charge on any atom is -0.381 e. The first kappa shape index (κ1) is 15.3. The molecule has 21 heavy (non-hydrogen) atoms. The number of epoxide rings is 1. The van der Waals surface area contributed by atoms with E-state index < -0.39 is 5.60 Å². The number of unbranched alkanes of at least 4 members (excludes halogenated alkanes) is 1. The van der Waals surface area contributed by atoms with Gasteiger partial charge in [0.15, 0.2) is 0 Å². The SMILES string of the molecule is OC1(/C=C/CCCc2ccccc2)C(Br)CCCC12CO2. The third-order valence-electron chi connectivity index (χ3n) is 4.79. The van der Waals surface area contributed by atoms with Crippen molar-refractivity contribution >= 4 is 15.9 Å². The zero-order valence-corrected chi connectivity index (χ0v) is 13.9. The quantitative estimate of drug-likeness (QED) is 0.376. The second kappa shape index (κ2) is 6.23. The predicted octanol–water partition coefficient (Wildman–Crippen LogP) is 4.01. The van der Waals surface area contributed by atoms with Crippen LogP contribution in [-0.2, 0) is 11.2 Å². The van der Waals surface area contributed by atoms with E-state index in [1.807, 2.05) is 12.1 Å². The lowest BCUT2D eigenvalue weighted by molar-refractivity contribution is -0.0190. The number of allylic oxidation sites excluding steroid dienone is 1. The Morgan fingerprint density at radius 2 is 2.10 bits per heavy atom. The summed E-state index contributed by atoms with van der Waals surface area (Å²) in [7, 11) is 0. The van der Waals surface area contributed by atoms with E-state index in [1.54, 1.807) is 0 Å². The molecule has 1 aromatic carbocycles. The molecule has 3 atom stereocenters. The Bertz CT molecular complexity index is 495. The Morgan fingerprint density at radius 3 is 2.81 bits per heavy atom. The highest BCUT2D eigenvalue weighted by atomic mass is 79.9. The van der Waals surface area contributed by atoms with Crippen molar-refractivity contribution in [3.8, 4) is 0 Å². The summed E-state index contributed by atoms with van der Waals surface area (Å²) in [6.45, 7) is 0.694. The lowest BCUT2D eigenvalue weighted by atomic mass is 9.75. The van der Waals surface area contributed by atoms with E-state index in [-0.39, 0.29) is 10.4 Å². The molecule has 114 valence electrons. The summed E-state index contributed by atoms with van der Waals surface area (Å²) in [5.41, 5.74) is 0.232. The lowest BCUT2D eigenvalue weighted by Crippen LogP contribution is -2.53. The molecule has 2 nitrogen and oxygen atoms in total. The van der Waals surface area contributed by atoms with Crippen molar-refractivity contribution in [3.63, 3.8) is 0 Å². The monoisotopic (exact) mass is 350 g/mol. The largest absolute Gasteiger partial charge is 0.381 e. The van der Waals surface area contributed by atoms with Gasteiger partial charge in [-0.1, -0.05) is 58.4 Å². The third-order valence-corrected chi connectivity index (χ3v) is 5.95. The van der Waals surface area contributed by atoms with E-state index >= 15 is 0 Å². The van der Waals surface area contributed by atoms with Gasteiger partial charge < -0.3 is 9.84 Å². The third kappa shape index (κ3) is 3.10. The molecule has 3 heteroatoms. The first-order chi connectivity index (χ1) is 10.2. The predicted molar refractivity (Wildman–Crippen MR) is 88.7 cm³/mol. The number of aliphatic hydroxyl groups is 1. The minimum atomic E-state index is -0.835. The molecule has 1 spiro atoms. The van der Waals surface area contributed by atoms with Crippen molar-refractivity contribution in [1.82, 2.24) is 0 Å². The van der Waals surface area contributed by atoms with Crippen LogP contribution in [0.1, 0.15) is 37.7 Å². The Hall–Kier alpha value is -0.640. The highest BCUT2D eigenvalue weighted by Gasteiger charge is 2.63. The normalized spacial score (nSPS) is 35.4. The maximum atomic E-state index is 11.0. The fourth-order valence-corrected chi connectivity index (χ4v) is 4.22. The Kier molecular flexibility index (Phi) is 4.53. The van der Waals surface area contributed by atoms with Gasteiger partial charge in [-0.05, 0) is 44.1 Å². The van der Waals surface area contributed by atoms with Gasteiger partial charge in [0.05, 0.1) is 6.61 Å². The van der Waals surface area contributed by atoms with Crippen LogP contribution in [0.15, 0.2) is 42.5 Å². The molecule has 1 saturated carbocycles. The molecule has 2 aliphatic rings. The van der Waals surface area contributed by atoms with Crippen LogP contribution in [0.25, 0.3) is 0 Å². The molecule has 1 aliphatic carbocycles. The van der Waals surface area contributed by atoms with Crippen molar-refractivity contribution in [2.24, 2.45) is 0 Å². The topological polar surface area (TPSA) is 32.8 Å². The Balaban J connectivity index is 1.53. The van der Waals surface area contributed by atoms with Crippen LogP contribution in [0.5, 0.6) is 0 Å². The van der Waals surface area contributed by atoms with Crippen molar-refractivity contribution in [1.29, 1.82) is 0 Å². The fourth-order valence-electron chi connectivity index (χ4n) is 3.32. The molecule has 2 fully saturated rings. The summed E-state index contributed by atoms with van der Waals surface area (Å²) < 4.78 is 5.62. The van der Waals surface area contributed by atoms with Crippen LogP contribution in [0.2, 0.25) is 0 Å². The van der Waals surface area contributed by atoms with Crippen molar-refractivity contribution in [3.05, 3.63) is 48.0 Å². The summed E-state index contributed by atoms with van der Waals surface area (Å²) in [6.07, 6.45) is 10.4. The summed E-state index contributed by atoms with van der Waals surface area (Å²) in [4.78, 5) is 0.103. The second-order valence-electron chi connectivity index (χ2n) is 6.25. The van der Waals surface area contributed by atoms with Crippen molar-refractivity contribution in [2.45, 2.75) is 54.6 Å². The molecule has 1 saturated heterocycles.